The number of hydrogen-bond acceptors (Lipinski definition) is 4. The molecule has 0 heterocycles. The lowest BCUT2D eigenvalue weighted by molar-refractivity contribution is -0.396. The molecule has 0 atom stereocenters. The van der Waals surface area contributed by atoms with E-state index in [9.17, 15) is 9.90 Å². The molecule has 1 rings (SSSR count). The maximum absolute atomic E-state index is 11.5. The van der Waals surface area contributed by atoms with Gasteiger partial charge in [-0.25, -0.2) is 0 Å². The Morgan fingerprint density at radius 1 is 1.24 bits per heavy atom. The van der Waals surface area contributed by atoms with Gasteiger partial charge in [0.25, 0.3) is 0 Å². The van der Waals surface area contributed by atoms with Crippen molar-refractivity contribution in [2.75, 3.05) is 14.1 Å². The molecular formula is C13H25NO3. The molecular weight excluding hydrogens is 218 g/mol. The summed E-state index contributed by atoms with van der Waals surface area (Å²) in [5.41, 5.74) is -0.963. The molecule has 100 valence electrons. The zero-order valence-corrected chi connectivity index (χ0v) is 12.0. The molecule has 0 unspecified atom stereocenters. The van der Waals surface area contributed by atoms with E-state index in [1.165, 1.54) is 0 Å². The third kappa shape index (κ3) is 1.69. The molecule has 1 fully saturated rings. The van der Waals surface area contributed by atoms with Crippen LogP contribution >= 0.6 is 0 Å². The van der Waals surface area contributed by atoms with Gasteiger partial charge in [-0.2, -0.15) is 0 Å². The van der Waals surface area contributed by atoms with E-state index in [-0.39, 0.29) is 18.4 Å². The molecule has 1 aliphatic rings. The SMILES string of the molecule is CCC(=O)OC1(O)C(C)(C)C(N(C)C)C1(C)C. The summed E-state index contributed by atoms with van der Waals surface area (Å²) in [6.07, 6.45) is 0.279. The van der Waals surface area contributed by atoms with E-state index < -0.39 is 16.6 Å². The lowest BCUT2D eigenvalue weighted by Crippen LogP contribution is -2.81. The minimum atomic E-state index is -1.40. The number of nitrogens with zero attached hydrogens (tertiary/aromatic N) is 1. The van der Waals surface area contributed by atoms with Crippen LogP contribution in [0.3, 0.4) is 0 Å². The van der Waals surface area contributed by atoms with Crippen molar-refractivity contribution in [2.24, 2.45) is 10.8 Å². The molecule has 1 saturated carbocycles. The Morgan fingerprint density at radius 2 is 1.65 bits per heavy atom. The summed E-state index contributed by atoms with van der Waals surface area (Å²) < 4.78 is 5.32. The van der Waals surface area contributed by atoms with Crippen molar-refractivity contribution in [1.29, 1.82) is 0 Å². The van der Waals surface area contributed by atoms with E-state index in [4.69, 9.17) is 4.74 Å². The summed E-state index contributed by atoms with van der Waals surface area (Å²) >= 11 is 0. The Hall–Kier alpha value is -0.610. The highest BCUT2D eigenvalue weighted by molar-refractivity contribution is 5.69. The first kappa shape index (κ1) is 14.5. The smallest absolute Gasteiger partial charge is 0.308 e. The average molecular weight is 243 g/mol. The topological polar surface area (TPSA) is 49.8 Å². The molecule has 0 radical (unpaired) electrons. The maximum Gasteiger partial charge on any atom is 0.308 e. The summed E-state index contributed by atoms with van der Waals surface area (Å²) in [4.78, 5) is 13.6. The largest absolute Gasteiger partial charge is 0.432 e. The van der Waals surface area contributed by atoms with Crippen LogP contribution in [0.2, 0.25) is 0 Å². The minimum Gasteiger partial charge on any atom is -0.432 e. The highest BCUT2D eigenvalue weighted by Gasteiger charge is 2.75. The van der Waals surface area contributed by atoms with Gasteiger partial charge in [-0.1, -0.05) is 34.6 Å². The third-order valence-corrected chi connectivity index (χ3v) is 4.18. The summed E-state index contributed by atoms with van der Waals surface area (Å²) in [5, 5.41) is 10.7. The third-order valence-electron chi connectivity index (χ3n) is 4.18. The fourth-order valence-electron chi connectivity index (χ4n) is 3.82. The second kappa shape index (κ2) is 3.95. The van der Waals surface area contributed by atoms with Gasteiger partial charge in [0.15, 0.2) is 0 Å². The maximum atomic E-state index is 11.5. The minimum absolute atomic E-state index is 0.157. The van der Waals surface area contributed by atoms with Crippen molar-refractivity contribution in [2.45, 2.75) is 52.9 Å². The molecule has 0 aromatic carbocycles. The number of ether oxygens (including phenoxy) is 1. The van der Waals surface area contributed by atoms with Gasteiger partial charge in [0.05, 0.1) is 0 Å². The lowest BCUT2D eigenvalue weighted by atomic mass is 9.46. The van der Waals surface area contributed by atoms with E-state index >= 15 is 0 Å². The second-order valence-electron chi connectivity index (χ2n) is 6.28. The Bertz CT molecular complexity index is 305. The van der Waals surface area contributed by atoms with Gasteiger partial charge in [0.1, 0.15) is 0 Å². The first-order valence-corrected chi connectivity index (χ1v) is 6.13. The number of carbonyl (C=O) groups excluding carboxylic acids is 1. The predicted molar refractivity (Wildman–Crippen MR) is 66.4 cm³/mol. The van der Waals surface area contributed by atoms with Gasteiger partial charge >= 0.3 is 5.97 Å². The number of rotatable bonds is 3. The molecule has 0 bridgehead atoms. The Kier molecular flexibility index (Phi) is 3.36. The fraction of sp³-hybridized carbons (Fsp3) is 0.923. The van der Waals surface area contributed by atoms with Crippen LogP contribution in [0.4, 0.5) is 0 Å². The molecule has 4 heteroatoms. The zero-order chi connectivity index (χ0) is 13.6. The first-order chi connectivity index (χ1) is 7.52. The lowest BCUT2D eigenvalue weighted by Gasteiger charge is -2.69. The normalized spacial score (nSPS) is 34.3. The van der Waals surface area contributed by atoms with E-state index in [1.807, 2.05) is 41.8 Å². The van der Waals surface area contributed by atoms with Gasteiger partial charge in [0.2, 0.25) is 5.79 Å². The van der Waals surface area contributed by atoms with Crippen molar-refractivity contribution in [1.82, 2.24) is 4.90 Å². The molecule has 0 amide bonds. The highest BCUT2D eigenvalue weighted by atomic mass is 16.7. The van der Waals surface area contributed by atoms with E-state index in [1.54, 1.807) is 6.92 Å². The van der Waals surface area contributed by atoms with Gasteiger partial charge in [0, 0.05) is 23.3 Å². The monoisotopic (exact) mass is 243 g/mol. The summed E-state index contributed by atoms with van der Waals surface area (Å²) in [7, 11) is 3.96. The van der Waals surface area contributed by atoms with Crippen molar-refractivity contribution in [3.63, 3.8) is 0 Å². The van der Waals surface area contributed by atoms with Crippen LogP contribution in [0.15, 0.2) is 0 Å². The standard InChI is InChI=1S/C13H25NO3/c1-8-9(15)17-13(16)11(2,3)10(14(6)7)12(13,4)5/h10,16H,8H2,1-7H3. The molecule has 4 nitrogen and oxygen atoms in total. The first-order valence-electron chi connectivity index (χ1n) is 6.13. The van der Waals surface area contributed by atoms with Crippen molar-refractivity contribution in [3.05, 3.63) is 0 Å². The molecule has 0 spiro atoms. The van der Waals surface area contributed by atoms with Crippen LogP contribution in [0, 0.1) is 10.8 Å². The Labute approximate surface area is 104 Å². The molecule has 0 saturated heterocycles. The fourth-order valence-corrected chi connectivity index (χ4v) is 3.82. The number of hydrogen-bond donors (Lipinski definition) is 1. The molecule has 1 N–H and O–H groups in total. The van der Waals surface area contributed by atoms with Crippen molar-refractivity contribution < 1.29 is 14.6 Å². The van der Waals surface area contributed by atoms with E-state index in [2.05, 4.69) is 4.90 Å². The van der Waals surface area contributed by atoms with Crippen LogP contribution in [-0.4, -0.2) is 41.9 Å². The van der Waals surface area contributed by atoms with Gasteiger partial charge < -0.3 is 14.7 Å². The molecule has 0 aliphatic heterocycles. The van der Waals surface area contributed by atoms with Crippen molar-refractivity contribution in [3.8, 4) is 0 Å². The molecule has 0 aromatic rings. The zero-order valence-electron chi connectivity index (χ0n) is 12.0. The summed E-state index contributed by atoms with van der Waals surface area (Å²) in [6, 6.07) is 0.157. The molecule has 17 heavy (non-hydrogen) atoms. The average Bonchev–Trinajstić information content (AvgIpc) is 2.14. The summed E-state index contributed by atoms with van der Waals surface area (Å²) in [6.45, 7) is 9.48. The molecule has 0 aromatic heterocycles. The van der Waals surface area contributed by atoms with Gasteiger partial charge in [-0.15, -0.1) is 0 Å². The van der Waals surface area contributed by atoms with Gasteiger partial charge in [-0.3, -0.25) is 4.79 Å². The highest BCUT2D eigenvalue weighted by Crippen LogP contribution is 2.63. The number of aliphatic hydroxyl groups is 1. The van der Waals surface area contributed by atoms with Gasteiger partial charge in [-0.05, 0) is 14.1 Å². The Balaban J connectivity index is 3.06. The number of esters is 1. The quantitative estimate of drug-likeness (QED) is 0.604. The van der Waals surface area contributed by atoms with E-state index in [0.29, 0.717) is 0 Å². The van der Waals surface area contributed by atoms with Crippen LogP contribution < -0.4 is 0 Å². The predicted octanol–water partition coefficient (Wildman–Crippen LogP) is 1.62. The summed E-state index contributed by atoms with van der Waals surface area (Å²) in [5.74, 6) is -1.76. The second-order valence-corrected chi connectivity index (χ2v) is 6.28. The molecule has 1 aliphatic carbocycles. The van der Waals surface area contributed by atoms with Crippen LogP contribution in [0.1, 0.15) is 41.0 Å². The van der Waals surface area contributed by atoms with Crippen molar-refractivity contribution >= 4 is 5.97 Å². The van der Waals surface area contributed by atoms with Crippen LogP contribution in [0.25, 0.3) is 0 Å². The Morgan fingerprint density at radius 3 is 1.94 bits per heavy atom. The van der Waals surface area contributed by atoms with Crippen LogP contribution in [0.5, 0.6) is 0 Å². The number of carbonyl (C=O) groups is 1. The van der Waals surface area contributed by atoms with Crippen LogP contribution in [-0.2, 0) is 9.53 Å². The van der Waals surface area contributed by atoms with E-state index in [0.717, 1.165) is 0 Å².